The van der Waals surface area contributed by atoms with E-state index in [4.69, 9.17) is 9.47 Å². The fraction of sp³-hybridized carbons (Fsp3) is 0.529. The van der Waals surface area contributed by atoms with E-state index in [2.05, 4.69) is 31.1 Å². The van der Waals surface area contributed by atoms with Crippen LogP contribution in [0.1, 0.15) is 12.5 Å². The van der Waals surface area contributed by atoms with Crippen LogP contribution in [0.2, 0.25) is 0 Å². The molecule has 1 aromatic rings. The van der Waals surface area contributed by atoms with Crippen LogP contribution in [-0.4, -0.2) is 68.8 Å². The molecule has 0 bridgehead atoms. The number of rotatable bonds is 4. The summed E-state index contributed by atoms with van der Waals surface area (Å²) in [5.41, 5.74) is 1.04. The van der Waals surface area contributed by atoms with Crippen LogP contribution in [0.3, 0.4) is 0 Å². The molecule has 8 heteroatoms. The molecule has 1 amide bonds. The molecule has 1 saturated heterocycles. The molecule has 1 N–H and O–H groups in total. The van der Waals surface area contributed by atoms with Crippen molar-refractivity contribution in [2.24, 2.45) is 4.99 Å². The van der Waals surface area contributed by atoms with E-state index in [1.54, 1.807) is 19.1 Å². The Bertz CT molecular complexity index is 616. The Morgan fingerprint density at radius 1 is 1.28 bits per heavy atom. The molecule has 1 aliphatic rings. The average Bonchev–Trinajstić information content (AvgIpc) is 2.63. The third-order valence-corrected chi connectivity index (χ3v) is 4.49. The lowest BCUT2D eigenvalue weighted by atomic mass is 10.2. The van der Waals surface area contributed by atoms with E-state index >= 15 is 0 Å². The Morgan fingerprint density at radius 3 is 2.56 bits per heavy atom. The first-order chi connectivity index (χ1) is 12.1. The van der Waals surface area contributed by atoms with Gasteiger partial charge in [-0.3, -0.25) is 4.99 Å². The van der Waals surface area contributed by atoms with Gasteiger partial charge in [0.25, 0.3) is 0 Å². The van der Waals surface area contributed by atoms with Gasteiger partial charge in [-0.1, -0.05) is 15.9 Å². The number of nitrogens with one attached hydrogen (secondary N) is 1. The van der Waals surface area contributed by atoms with Crippen LogP contribution in [0.4, 0.5) is 4.79 Å². The molecule has 7 nitrogen and oxygen atoms in total. The zero-order chi connectivity index (χ0) is 18.2. The number of ether oxygens (including phenoxy) is 2. The zero-order valence-electron chi connectivity index (χ0n) is 14.9. The van der Waals surface area contributed by atoms with Crippen LogP contribution in [0.15, 0.2) is 27.7 Å². The third-order valence-electron chi connectivity index (χ3n) is 4.00. The van der Waals surface area contributed by atoms with Crippen molar-refractivity contribution in [2.75, 3.05) is 46.9 Å². The second-order valence-electron chi connectivity index (χ2n) is 5.53. The zero-order valence-corrected chi connectivity index (χ0v) is 16.5. The first-order valence-corrected chi connectivity index (χ1v) is 9.08. The maximum absolute atomic E-state index is 11.8. The van der Waals surface area contributed by atoms with E-state index in [1.165, 1.54) is 0 Å². The summed E-state index contributed by atoms with van der Waals surface area (Å²) < 4.78 is 11.5. The number of hydrogen-bond donors (Lipinski definition) is 1. The fourth-order valence-electron chi connectivity index (χ4n) is 2.71. The summed E-state index contributed by atoms with van der Waals surface area (Å²) in [5, 5.41) is 3.37. The monoisotopic (exact) mass is 412 g/mol. The molecule has 0 saturated carbocycles. The number of benzene rings is 1. The van der Waals surface area contributed by atoms with Gasteiger partial charge in [-0.2, -0.15) is 0 Å². The van der Waals surface area contributed by atoms with Crippen molar-refractivity contribution in [3.05, 3.63) is 28.2 Å². The molecule has 0 spiro atoms. The molecule has 1 aromatic carbocycles. The summed E-state index contributed by atoms with van der Waals surface area (Å²) in [5.74, 6) is 1.64. The predicted molar refractivity (Wildman–Crippen MR) is 101 cm³/mol. The highest BCUT2D eigenvalue weighted by Gasteiger charge is 2.23. The van der Waals surface area contributed by atoms with Crippen LogP contribution in [0.25, 0.3) is 0 Å². The summed E-state index contributed by atoms with van der Waals surface area (Å²) in [6, 6.07) is 5.91. The molecule has 25 heavy (non-hydrogen) atoms. The standard InChI is InChI=1S/C17H25BrN4O3/c1-4-25-17(23)22-9-7-21(8-10-22)16(19-2)20-12-13-11-14(18)5-6-15(13)24-3/h5-6,11H,4,7-10,12H2,1-3H3,(H,19,20). The van der Waals surface area contributed by atoms with Gasteiger partial charge in [0.1, 0.15) is 5.75 Å². The molecule has 2 rings (SSSR count). The second kappa shape index (κ2) is 9.50. The number of aliphatic imine (C=N–C) groups is 1. The van der Waals surface area contributed by atoms with E-state index < -0.39 is 0 Å². The minimum atomic E-state index is -0.246. The van der Waals surface area contributed by atoms with Gasteiger partial charge in [0, 0.05) is 49.8 Å². The number of carbonyl (C=O) groups excluding carboxylic acids is 1. The van der Waals surface area contributed by atoms with E-state index in [-0.39, 0.29) is 6.09 Å². The highest BCUT2D eigenvalue weighted by molar-refractivity contribution is 9.10. The molecule has 1 aliphatic heterocycles. The maximum atomic E-state index is 11.8. The average molecular weight is 413 g/mol. The number of nitrogens with zero attached hydrogens (tertiary/aromatic N) is 3. The Morgan fingerprint density at radius 2 is 1.96 bits per heavy atom. The number of amides is 1. The topological polar surface area (TPSA) is 66.4 Å². The number of halogens is 1. The van der Waals surface area contributed by atoms with Crippen LogP contribution < -0.4 is 10.1 Å². The summed E-state index contributed by atoms with van der Waals surface area (Å²) in [7, 11) is 3.42. The Labute approximate surface area is 157 Å². The first kappa shape index (κ1) is 19.4. The molecule has 0 atom stereocenters. The summed E-state index contributed by atoms with van der Waals surface area (Å²) in [6.07, 6.45) is -0.246. The van der Waals surface area contributed by atoms with Crippen molar-refractivity contribution in [3.63, 3.8) is 0 Å². The lowest BCUT2D eigenvalue weighted by Gasteiger charge is -2.35. The molecule has 0 aliphatic carbocycles. The molecule has 0 radical (unpaired) electrons. The molecule has 1 heterocycles. The van der Waals surface area contributed by atoms with Crippen LogP contribution in [0.5, 0.6) is 5.75 Å². The van der Waals surface area contributed by atoms with Gasteiger partial charge in [-0.25, -0.2) is 4.79 Å². The molecule has 138 valence electrons. The number of guanidine groups is 1. The molecule has 0 unspecified atom stereocenters. The minimum absolute atomic E-state index is 0.246. The SMILES string of the molecule is CCOC(=O)N1CCN(C(=NC)NCc2cc(Br)ccc2OC)CC1. The van der Waals surface area contributed by atoms with Gasteiger partial charge < -0.3 is 24.6 Å². The van der Waals surface area contributed by atoms with E-state index in [0.717, 1.165) is 21.7 Å². The van der Waals surface area contributed by atoms with Gasteiger partial charge in [0.2, 0.25) is 0 Å². The van der Waals surface area contributed by atoms with E-state index in [0.29, 0.717) is 39.3 Å². The normalized spacial score (nSPS) is 15.1. The highest BCUT2D eigenvalue weighted by atomic mass is 79.9. The lowest BCUT2D eigenvalue weighted by molar-refractivity contribution is 0.0914. The van der Waals surface area contributed by atoms with Crippen LogP contribution in [-0.2, 0) is 11.3 Å². The highest BCUT2D eigenvalue weighted by Crippen LogP contribution is 2.22. The van der Waals surface area contributed by atoms with Gasteiger partial charge in [0.15, 0.2) is 5.96 Å². The third kappa shape index (κ3) is 5.26. The molecular weight excluding hydrogens is 388 g/mol. The van der Waals surface area contributed by atoms with Crippen LogP contribution >= 0.6 is 15.9 Å². The Kier molecular flexibility index (Phi) is 7.36. The number of carbonyl (C=O) groups is 1. The molecule has 0 aromatic heterocycles. The number of piperazine rings is 1. The number of methoxy groups -OCH3 is 1. The molecular formula is C17H25BrN4O3. The Balaban J connectivity index is 1.92. The largest absolute Gasteiger partial charge is 0.496 e. The van der Waals surface area contributed by atoms with Crippen LogP contribution in [0, 0.1) is 0 Å². The number of hydrogen-bond acceptors (Lipinski definition) is 4. The van der Waals surface area contributed by atoms with Gasteiger partial charge in [0.05, 0.1) is 13.7 Å². The van der Waals surface area contributed by atoms with E-state index in [1.807, 2.05) is 25.1 Å². The van der Waals surface area contributed by atoms with Crippen molar-refractivity contribution < 1.29 is 14.3 Å². The summed E-state index contributed by atoms with van der Waals surface area (Å²) >= 11 is 3.49. The first-order valence-electron chi connectivity index (χ1n) is 8.28. The van der Waals surface area contributed by atoms with Crippen molar-refractivity contribution >= 4 is 28.0 Å². The van der Waals surface area contributed by atoms with Crippen molar-refractivity contribution in [1.29, 1.82) is 0 Å². The van der Waals surface area contributed by atoms with Gasteiger partial charge in [-0.05, 0) is 25.1 Å². The predicted octanol–water partition coefficient (Wildman–Crippen LogP) is 2.31. The lowest BCUT2D eigenvalue weighted by Crippen LogP contribution is -2.53. The summed E-state index contributed by atoms with van der Waals surface area (Å²) in [4.78, 5) is 20.0. The second-order valence-corrected chi connectivity index (χ2v) is 6.45. The smallest absolute Gasteiger partial charge is 0.409 e. The van der Waals surface area contributed by atoms with Gasteiger partial charge in [-0.15, -0.1) is 0 Å². The van der Waals surface area contributed by atoms with Crippen molar-refractivity contribution in [3.8, 4) is 5.75 Å². The van der Waals surface area contributed by atoms with Gasteiger partial charge >= 0.3 is 6.09 Å². The quantitative estimate of drug-likeness (QED) is 0.606. The molecule has 1 fully saturated rings. The maximum Gasteiger partial charge on any atom is 0.409 e. The van der Waals surface area contributed by atoms with Crippen molar-refractivity contribution in [1.82, 2.24) is 15.1 Å². The Hall–Kier alpha value is -1.96. The van der Waals surface area contributed by atoms with Crippen molar-refractivity contribution in [2.45, 2.75) is 13.5 Å². The fourth-order valence-corrected chi connectivity index (χ4v) is 3.12. The minimum Gasteiger partial charge on any atom is -0.496 e. The summed E-state index contributed by atoms with van der Waals surface area (Å²) in [6.45, 7) is 5.50. The van der Waals surface area contributed by atoms with E-state index in [9.17, 15) is 4.79 Å².